The van der Waals surface area contributed by atoms with Gasteiger partial charge in [-0.1, -0.05) is 53.7 Å². The first kappa shape index (κ1) is 20.5. The number of non-ortho nitro benzene ring substituents is 1. The highest BCUT2D eigenvalue weighted by Gasteiger charge is 2.26. The molecule has 0 fully saturated rings. The minimum atomic E-state index is -0.428. The van der Waals surface area contributed by atoms with Gasteiger partial charge in [0, 0.05) is 34.2 Å². The highest BCUT2D eigenvalue weighted by Crippen LogP contribution is 2.44. The zero-order valence-electron chi connectivity index (χ0n) is 18.5. The molecule has 9 nitrogen and oxygen atoms in total. The van der Waals surface area contributed by atoms with Gasteiger partial charge in [0.1, 0.15) is 11.5 Å². The number of nitro groups is 1. The zero-order chi connectivity index (χ0) is 24.1. The number of para-hydroxylation sites is 1. The number of hydrogen-bond donors (Lipinski definition) is 1. The Balaban J connectivity index is 1.77. The van der Waals surface area contributed by atoms with E-state index in [9.17, 15) is 10.1 Å². The van der Waals surface area contributed by atoms with Gasteiger partial charge >= 0.3 is 0 Å². The van der Waals surface area contributed by atoms with Crippen LogP contribution >= 0.6 is 0 Å². The lowest BCUT2D eigenvalue weighted by atomic mass is 9.95. The minimum absolute atomic E-state index is 0.0516. The summed E-state index contributed by atoms with van der Waals surface area (Å²) in [6, 6.07) is 23.6. The third-order valence-electron chi connectivity index (χ3n) is 6.00. The van der Waals surface area contributed by atoms with Crippen molar-refractivity contribution in [1.29, 1.82) is 0 Å². The molecule has 170 valence electrons. The number of benzene rings is 3. The molecule has 6 rings (SSSR count). The fourth-order valence-electron chi connectivity index (χ4n) is 4.44. The molecule has 0 atom stereocenters. The van der Waals surface area contributed by atoms with Crippen molar-refractivity contribution in [1.82, 2.24) is 19.9 Å². The molecule has 35 heavy (non-hydrogen) atoms. The van der Waals surface area contributed by atoms with Gasteiger partial charge in [-0.05, 0) is 25.1 Å². The Morgan fingerprint density at radius 1 is 0.971 bits per heavy atom. The monoisotopic (exact) mass is 462 g/mol. The summed E-state index contributed by atoms with van der Waals surface area (Å²) < 4.78 is 7.32. The SMILES string of the molecule is Cc1nn(-c2ccccc2)c(N)c1-c1c2cc([N+](=O)[O-])ccc2nc2onc(-c3ccccc3)c12. The van der Waals surface area contributed by atoms with Crippen LogP contribution in [0.1, 0.15) is 5.69 Å². The minimum Gasteiger partial charge on any atom is -0.383 e. The first-order valence-corrected chi connectivity index (χ1v) is 10.9. The number of pyridine rings is 1. The Hall–Kier alpha value is -5.05. The van der Waals surface area contributed by atoms with Gasteiger partial charge in [-0.3, -0.25) is 10.1 Å². The predicted octanol–water partition coefficient (Wildman–Crippen LogP) is 5.69. The van der Waals surface area contributed by atoms with E-state index >= 15 is 0 Å². The van der Waals surface area contributed by atoms with E-state index in [1.165, 1.54) is 12.1 Å². The van der Waals surface area contributed by atoms with Crippen LogP contribution < -0.4 is 5.73 Å². The number of nitrogen functional groups attached to an aromatic ring is 1. The fraction of sp³-hybridized carbons (Fsp3) is 0.0385. The van der Waals surface area contributed by atoms with Gasteiger partial charge in [-0.15, -0.1) is 0 Å². The Labute approximate surface area is 198 Å². The number of nitrogens with zero attached hydrogens (tertiary/aromatic N) is 5. The summed E-state index contributed by atoms with van der Waals surface area (Å²) in [7, 11) is 0. The summed E-state index contributed by atoms with van der Waals surface area (Å²) in [6.45, 7) is 1.86. The second kappa shape index (κ2) is 7.77. The Morgan fingerprint density at radius 2 is 1.69 bits per heavy atom. The van der Waals surface area contributed by atoms with Crippen molar-refractivity contribution in [3.63, 3.8) is 0 Å². The molecule has 0 unspecified atom stereocenters. The Morgan fingerprint density at radius 3 is 2.40 bits per heavy atom. The summed E-state index contributed by atoms with van der Waals surface area (Å²) in [5, 5.41) is 21.8. The van der Waals surface area contributed by atoms with Crippen LogP contribution in [0.2, 0.25) is 0 Å². The van der Waals surface area contributed by atoms with Crippen molar-refractivity contribution in [3.8, 4) is 28.1 Å². The lowest BCUT2D eigenvalue weighted by Gasteiger charge is -2.10. The summed E-state index contributed by atoms with van der Waals surface area (Å²) >= 11 is 0. The van der Waals surface area contributed by atoms with Crippen molar-refractivity contribution in [2.24, 2.45) is 0 Å². The number of rotatable bonds is 4. The van der Waals surface area contributed by atoms with E-state index in [0.29, 0.717) is 50.3 Å². The van der Waals surface area contributed by atoms with Gasteiger partial charge in [0.15, 0.2) is 0 Å². The molecule has 0 amide bonds. The van der Waals surface area contributed by atoms with Crippen LogP contribution in [0, 0.1) is 17.0 Å². The molecular weight excluding hydrogens is 444 g/mol. The highest BCUT2D eigenvalue weighted by molar-refractivity contribution is 6.14. The third-order valence-corrected chi connectivity index (χ3v) is 6.00. The molecule has 3 aromatic heterocycles. The zero-order valence-corrected chi connectivity index (χ0v) is 18.5. The van der Waals surface area contributed by atoms with Crippen LogP contribution in [0.15, 0.2) is 83.4 Å². The molecule has 0 saturated carbocycles. The molecule has 9 heteroatoms. The topological polar surface area (TPSA) is 126 Å². The second-order valence-corrected chi connectivity index (χ2v) is 8.12. The average molecular weight is 462 g/mol. The lowest BCUT2D eigenvalue weighted by Crippen LogP contribution is -2.02. The fourth-order valence-corrected chi connectivity index (χ4v) is 4.44. The molecule has 0 aliphatic carbocycles. The smallest absolute Gasteiger partial charge is 0.270 e. The molecule has 0 aliphatic heterocycles. The van der Waals surface area contributed by atoms with Gasteiger partial charge in [-0.2, -0.15) is 5.10 Å². The lowest BCUT2D eigenvalue weighted by molar-refractivity contribution is -0.384. The molecule has 3 heterocycles. The number of nitrogens with two attached hydrogens (primary N) is 1. The van der Waals surface area contributed by atoms with Crippen LogP contribution in [-0.2, 0) is 0 Å². The maximum Gasteiger partial charge on any atom is 0.270 e. The number of anilines is 1. The van der Waals surface area contributed by atoms with Crippen LogP contribution in [0.3, 0.4) is 0 Å². The van der Waals surface area contributed by atoms with Crippen molar-refractivity contribution in [3.05, 3.63) is 94.7 Å². The molecule has 3 aromatic carbocycles. The highest BCUT2D eigenvalue weighted by atomic mass is 16.6. The number of aromatic nitrogens is 4. The van der Waals surface area contributed by atoms with Crippen molar-refractivity contribution in [2.45, 2.75) is 6.92 Å². The molecule has 0 aliphatic rings. The van der Waals surface area contributed by atoms with E-state index in [2.05, 4.69) is 10.1 Å². The molecule has 2 N–H and O–H groups in total. The van der Waals surface area contributed by atoms with E-state index in [1.807, 2.05) is 67.6 Å². The van der Waals surface area contributed by atoms with E-state index in [0.717, 1.165) is 11.3 Å². The molecule has 0 saturated heterocycles. The Kier molecular flexibility index (Phi) is 4.56. The molecule has 0 spiro atoms. The van der Waals surface area contributed by atoms with Crippen LogP contribution in [0.25, 0.3) is 50.1 Å². The van der Waals surface area contributed by atoms with Gasteiger partial charge in [0.25, 0.3) is 11.4 Å². The standard InChI is InChI=1S/C26H18N6O3/c1-15-21(25(27)31(29-15)17-10-6-3-7-11-17)22-19-14-18(32(33)34)12-13-20(19)28-26-23(22)24(30-35-26)16-8-4-2-5-9-16/h2-14H,27H2,1H3. The van der Waals surface area contributed by atoms with Gasteiger partial charge < -0.3 is 10.3 Å². The largest absolute Gasteiger partial charge is 0.383 e. The summed E-state index contributed by atoms with van der Waals surface area (Å²) in [4.78, 5) is 15.8. The predicted molar refractivity (Wildman–Crippen MR) is 133 cm³/mol. The number of fused-ring (bicyclic) bond motifs is 2. The van der Waals surface area contributed by atoms with Gasteiger partial charge in [-0.25, -0.2) is 9.67 Å². The average Bonchev–Trinajstić information content (AvgIpc) is 3.43. The van der Waals surface area contributed by atoms with Gasteiger partial charge in [0.05, 0.1) is 27.2 Å². The number of aryl methyl sites for hydroxylation is 1. The maximum atomic E-state index is 11.6. The molecular formula is C26H18N6O3. The quantitative estimate of drug-likeness (QED) is 0.263. The normalized spacial score (nSPS) is 11.3. The van der Waals surface area contributed by atoms with Crippen molar-refractivity contribution >= 4 is 33.5 Å². The van der Waals surface area contributed by atoms with Crippen LogP contribution in [-0.4, -0.2) is 24.8 Å². The first-order valence-electron chi connectivity index (χ1n) is 10.9. The number of nitro benzene ring substituents is 1. The van der Waals surface area contributed by atoms with E-state index in [4.69, 9.17) is 15.4 Å². The Bertz CT molecular complexity index is 1740. The summed E-state index contributed by atoms with van der Waals surface area (Å²) in [5.41, 5.74) is 11.6. The summed E-state index contributed by atoms with van der Waals surface area (Å²) in [5.74, 6) is 0.397. The maximum absolute atomic E-state index is 11.6. The first-order chi connectivity index (χ1) is 17.0. The summed E-state index contributed by atoms with van der Waals surface area (Å²) in [6.07, 6.45) is 0. The van der Waals surface area contributed by atoms with Gasteiger partial charge in [0.2, 0.25) is 0 Å². The third kappa shape index (κ3) is 3.21. The van der Waals surface area contributed by atoms with E-state index in [1.54, 1.807) is 10.7 Å². The molecule has 0 radical (unpaired) electrons. The van der Waals surface area contributed by atoms with Crippen molar-refractivity contribution in [2.75, 3.05) is 5.73 Å². The van der Waals surface area contributed by atoms with Crippen molar-refractivity contribution < 1.29 is 9.45 Å². The second-order valence-electron chi connectivity index (χ2n) is 8.12. The van der Waals surface area contributed by atoms with Crippen LogP contribution in [0.5, 0.6) is 0 Å². The van der Waals surface area contributed by atoms with E-state index in [-0.39, 0.29) is 5.69 Å². The number of hydrogen-bond acceptors (Lipinski definition) is 7. The molecule has 6 aromatic rings. The van der Waals surface area contributed by atoms with Crippen LogP contribution in [0.4, 0.5) is 11.5 Å². The molecule has 0 bridgehead atoms. The van der Waals surface area contributed by atoms with E-state index < -0.39 is 4.92 Å².